The van der Waals surface area contributed by atoms with E-state index in [9.17, 15) is 10.1 Å². The van der Waals surface area contributed by atoms with E-state index in [-0.39, 0.29) is 29.4 Å². The van der Waals surface area contributed by atoms with E-state index < -0.39 is 11.9 Å². The minimum absolute atomic E-state index is 0.0297. The minimum atomic E-state index is -0.690. The van der Waals surface area contributed by atoms with Gasteiger partial charge in [0.25, 0.3) is 0 Å². The topological polar surface area (TPSA) is 94.6 Å². The van der Waals surface area contributed by atoms with Crippen LogP contribution in [0, 0.1) is 18.3 Å². The molecule has 0 aromatic heterocycles. The van der Waals surface area contributed by atoms with E-state index in [0.29, 0.717) is 11.3 Å². The second kappa shape index (κ2) is 8.53. The van der Waals surface area contributed by atoms with Crippen LogP contribution in [-0.4, -0.2) is 19.7 Å². The van der Waals surface area contributed by atoms with Crippen LogP contribution in [0.5, 0.6) is 5.75 Å². The molecule has 6 heteroatoms. The molecule has 6 nitrogen and oxygen atoms in total. The van der Waals surface area contributed by atoms with Gasteiger partial charge in [-0.05, 0) is 43.7 Å². The van der Waals surface area contributed by atoms with Crippen molar-refractivity contribution >= 4 is 11.7 Å². The second-order valence-corrected chi connectivity index (χ2v) is 6.53. The summed E-state index contributed by atoms with van der Waals surface area (Å²) in [6.07, 6.45) is 0. The van der Waals surface area contributed by atoms with Crippen LogP contribution in [0.25, 0.3) is 5.76 Å². The highest BCUT2D eigenvalue weighted by Crippen LogP contribution is 2.43. The first-order valence-corrected chi connectivity index (χ1v) is 9.20. The first-order chi connectivity index (χ1) is 14.0. The largest absolute Gasteiger partial charge is 0.497 e. The van der Waals surface area contributed by atoms with Crippen molar-refractivity contribution in [3.05, 3.63) is 82.3 Å². The van der Waals surface area contributed by atoms with Crippen LogP contribution in [0.2, 0.25) is 0 Å². The Morgan fingerprint density at radius 1 is 1.24 bits per heavy atom. The monoisotopic (exact) mass is 390 g/mol. The lowest BCUT2D eigenvalue weighted by Gasteiger charge is -2.28. The van der Waals surface area contributed by atoms with Crippen LogP contribution in [0.1, 0.15) is 29.5 Å². The summed E-state index contributed by atoms with van der Waals surface area (Å²) in [6, 6.07) is 16.8. The Morgan fingerprint density at radius 2 is 1.97 bits per heavy atom. The maximum absolute atomic E-state index is 13.0. The maximum atomic E-state index is 13.0. The Hall–Kier alpha value is -3.72. The van der Waals surface area contributed by atoms with Crippen LogP contribution in [0.3, 0.4) is 0 Å². The molecule has 2 N–H and O–H groups in total. The molecule has 148 valence electrons. The van der Waals surface area contributed by atoms with Gasteiger partial charge in [-0.25, -0.2) is 4.79 Å². The standard InChI is InChI=1S/C23H22N2O4/c1-4-28-23(26)20-19(16-7-5-6-14(2)12-16)18(13-24)22(25)29-21(20)15-8-10-17(27-3)11-9-15/h5-12,19H,4,25H2,1-3H3. The highest BCUT2D eigenvalue weighted by molar-refractivity contribution is 5.99. The molecular weight excluding hydrogens is 368 g/mol. The Labute approximate surface area is 169 Å². The molecule has 0 spiro atoms. The van der Waals surface area contributed by atoms with Gasteiger partial charge in [-0.2, -0.15) is 5.26 Å². The first kappa shape index (κ1) is 20.0. The number of carbonyl (C=O) groups excluding carboxylic acids is 1. The van der Waals surface area contributed by atoms with Crippen molar-refractivity contribution in [2.45, 2.75) is 19.8 Å². The van der Waals surface area contributed by atoms with Crippen LogP contribution >= 0.6 is 0 Å². The highest BCUT2D eigenvalue weighted by atomic mass is 16.5. The lowest BCUT2D eigenvalue weighted by Crippen LogP contribution is -2.26. The van der Waals surface area contributed by atoms with E-state index in [1.54, 1.807) is 38.3 Å². The predicted molar refractivity (Wildman–Crippen MR) is 108 cm³/mol. The predicted octanol–water partition coefficient (Wildman–Crippen LogP) is 3.79. The van der Waals surface area contributed by atoms with Gasteiger partial charge in [0.15, 0.2) is 0 Å². The summed E-state index contributed by atoms with van der Waals surface area (Å²) in [7, 11) is 1.57. The second-order valence-electron chi connectivity index (χ2n) is 6.53. The Bertz CT molecular complexity index is 1030. The van der Waals surface area contributed by atoms with Gasteiger partial charge < -0.3 is 19.9 Å². The summed E-state index contributed by atoms with van der Waals surface area (Å²) in [4.78, 5) is 13.0. The number of benzene rings is 2. The smallest absolute Gasteiger partial charge is 0.338 e. The average molecular weight is 390 g/mol. The fraction of sp³-hybridized carbons (Fsp3) is 0.217. The normalized spacial score (nSPS) is 16.1. The third-order valence-electron chi connectivity index (χ3n) is 4.64. The van der Waals surface area contributed by atoms with Crippen molar-refractivity contribution in [2.75, 3.05) is 13.7 Å². The zero-order valence-corrected chi connectivity index (χ0v) is 16.6. The van der Waals surface area contributed by atoms with E-state index in [2.05, 4.69) is 6.07 Å². The van der Waals surface area contributed by atoms with Gasteiger partial charge in [-0.15, -0.1) is 0 Å². The van der Waals surface area contributed by atoms with E-state index in [1.165, 1.54) is 0 Å². The number of carbonyl (C=O) groups is 1. The number of hydrogen-bond acceptors (Lipinski definition) is 6. The molecule has 0 bridgehead atoms. The SMILES string of the molecule is CCOC(=O)C1=C(c2ccc(OC)cc2)OC(N)=C(C#N)C1c1cccc(C)c1. The van der Waals surface area contributed by atoms with Gasteiger partial charge >= 0.3 is 5.97 Å². The molecule has 0 radical (unpaired) electrons. The number of nitriles is 1. The van der Waals surface area contributed by atoms with E-state index >= 15 is 0 Å². The fourth-order valence-corrected chi connectivity index (χ4v) is 3.32. The third kappa shape index (κ3) is 3.94. The third-order valence-corrected chi connectivity index (χ3v) is 4.64. The molecule has 1 unspecified atom stereocenters. The molecule has 0 amide bonds. The molecule has 1 aliphatic rings. The number of methoxy groups -OCH3 is 1. The Balaban J connectivity index is 2.26. The molecule has 2 aromatic rings. The quantitative estimate of drug-likeness (QED) is 0.781. The zero-order chi connectivity index (χ0) is 21.0. The molecule has 0 fully saturated rings. The van der Waals surface area contributed by atoms with Crippen molar-refractivity contribution in [1.29, 1.82) is 5.26 Å². The fourth-order valence-electron chi connectivity index (χ4n) is 3.32. The summed E-state index contributed by atoms with van der Waals surface area (Å²) in [5.74, 6) is -0.332. The van der Waals surface area contributed by atoms with Crippen LogP contribution in [-0.2, 0) is 14.3 Å². The van der Waals surface area contributed by atoms with Gasteiger partial charge in [0.2, 0.25) is 5.88 Å². The summed E-state index contributed by atoms with van der Waals surface area (Å²) in [6.45, 7) is 3.87. The summed E-state index contributed by atoms with van der Waals surface area (Å²) in [5, 5.41) is 9.76. The van der Waals surface area contributed by atoms with Crippen LogP contribution < -0.4 is 10.5 Å². The molecule has 0 saturated heterocycles. The molecule has 1 heterocycles. The number of nitrogens with zero attached hydrogens (tertiary/aromatic N) is 1. The van der Waals surface area contributed by atoms with E-state index in [0.717, 1.165) is 11.1 Å². The number of esters is 1. The molecule has 1 atom stereocenters. The van der Waals surface area contributed by atoms with Gasteiger partial charge in [-0.1, -0.05) is 29.8 Å². The average Bonchev–Trinajstić information content (AvgIpc) is 2.73. The van der Waals surface area contributed by atoms with Crippen LogP contribution in [0.15, 0.2) is 65.6 Å². The van der Waals surface area contributed by atoms with Crippen molar-refractivity contribution in [3.8, 4) is 11.8 Å². The lowest BCUT2D eigenvalue weighted by atomic mass is 9.81. The van der Waals surface area contributed by atoms with Crippen molar-refractivity contribution < 1.29 is 19.0 Å². The van der Waals surface area contributed by atoms with Gasteiger partial charge in [0.05, 0.1) is 25.2 Å². The molecule has 3 rings (SSSR count). The first-order valence-electron chi connectivity index (χ1n) is 9.20. The molecule has 0 aliphatic carbocycles. The van der Waals surface area contributed by atoms with Crippen molar-refractivity contribution in [1.82, 2.24) is 0 Å². The van der Waals surface area contributed by atoms with Gasteiger partial charge in [-0.3, -0.25) is 0 Å². The highest BCUT2D eigenvalue weighted by Gasteiger charge is 2.38. The molecule has 2 aromatic carbocycles. The zero-order valence-electron chi connectivity index (χ0n) is 16.6. The number of rotatable bonds is 5. The molecule has 0 saturated carbocycles. The minimum Gasteiger partial charge on any atom is -0.497 e. The molecular formula is C23H22N2O4. The summed E-state index contributed by atoms with van der Waals surface area (Å²) < 4.78 is 16.3. The number of nitrogens with two attached hydrogens (primary N) is 1. The summed E-state index contributed by atoms with van der Waals surface area (Å²) in [5.41, 5.74) is 8.92. The molecule has 1 aliphatic heterocycles. The van der Waals surface area contributed by atoms with Crippen LogP contribution in [0.4, 0.5) is 0 Å². The number of allylic oxidation sites excluding steroid dienone is 1. The number of hydrogen-bond donors (Lipinski definition) is 1. The maximum Gasteiger partial charge on any atom is 0.338 e. The van der Waals surface area contributed by atoms with E-state index in [4.69, 9.17) is 19.9 Å². The van der Waals surface area contributed by atoms with E-state index in [1.807, 2.05) is 31.2 Å². The van der Waals surface area contributed by atoms with Gasteiger partial charge in [0, 0.05) is 5.56 Å². The number of aryl methyl sites for hydroxylation is 1. The van der Waals surface area contributed by atoms with Gasteiger partial charge in [0.1, 0.15) is 23.2 Å². The Kier molecular flexibility index (Phi) is 5.89. The van der Waals surface area contributed by atoms with Crippen molar-refractivity contribution in [3.63, 3.8) is 0 Å². The number of ether oxygens (including phenoxy) is 3. The lowest BCUT2D eigenvalue weighted by molar-refractivity contribution is -0.138. The summed E-state index contributed by atoms with van der Waals surface area (Å²) >= 11 is 0. The van der Waals surface area contributed by atoms with Crippen molar-refractivity contribution in [2.24, 2.45) is 5.73 Å². The molecule has 29 heavy (non-hydrogen) atoms. The Morgan fingerprint density at radius 3 is 2.55 bits per heavy atom.